The fourth-order valence-corrected chi connectivity index (χ4v) is 4.10. The second-order valence-corrected chi connectivity index (χ2v) is 8.92. The highest BCUT2D eigenvalue weighted by atomic mass is 16.8. The maximum atomic E-state index is 9.56. The van der Waals surface area contributed by atoms with E-state index in [2.05, 4.69) is 24.3 Å². The Balaban J connectivity index is 1.41. The fourth-order valence-electron chi connectivity index (χ4n) is 4.10. The molecule has 5 nitrogen and oxygen atoms in total. The first-order valence-electron chi connectivity index (χ1n) is 11.8. The van der Waals surface area contributed by atoms with E-state index >= 15 is 0 Å². The molecule has 0 aromatic heterocycles. The molecule has 0 spiro atoms. The lowest BCUT2D eigenvalue weighted by atomic mass is 10.0. The second kappa shape index (κ2) is 13.1. The van der Waals surface area contributed by atoms with Crippen molar-refractivity contribution in [1.29, 1.82) is 0 Å². The first-order valence-corrected chi connectivity index (χ1v) is 11.8. The third kappa shape index (κ3) is 8.64. The standard InChI is InChI=1S/C27H38O5/c1-27(2)31-25(26(19-28)32-27)16-10-9-15-24(30-21-23-13-7-4-8-14-23)17-18-29-20-22-11-5-3-6-12-22/h3-8,11-14,24-26,28H,9-10,15-21H2,1-2H3/t24-,25+,26+/m0/s1. The fraction of sp³-hybridized carbons (Fsp3) is 0.556. The van der Waals surface area contributed by atoms with Gasteiger partial charge >= 0.3 is 0 Å². The Kier molecular flexibility index (Phi) is 10.2. The van der Waals surface area contributed by atoms with Gasteiger partial charge in [0.1, 0.15) is 6.10 Å². The quantitative estimate of drug-likeness (QED) is 0.405. The van der Waals surface area contributed by atoms with Gasteiger partial charge in [0.25, 0.3) is 0 Å². The predicted molar refractivity (Wildman–Crippen MR) is 125 cm³/mol. The third-order valence-electron chi connectivity index (χ3n) is 5.75. The van der Waals surface area contributed by atoms with E-state index in [9.17, 15) is 5.11 Å². The molecule has 0 aliphatic carbocycles. The molecule has 0 unspecified atom stereocenters. The lowest BCUT2D eigenvalue weighted by molar-refractivity contribution is -0.149. The van der Waals surface area contributed by atoms with Gasteiger partial charge in [-0.25, -0.2) is 0 Å². The van der Waals surface area contributed by atoms with Gasteiger partial charge in [-0.15, -0.1) is 0 Å². The monoisotopic (exact) mass is 442 g/mol. The molecule has 3 atom stereocenters. The minimum Gasteiger partial charge on any atom is -0.394 e. The van der Waals surface area contributed by atoms with Crippen LogP contribution >= 0.6 is 0 Å². The molecule has 32 heavy (non-hydrogen) atoms. The van der Waals surface area contributed by atoms with Crippen molar-refractivity contribution in [3.63, 3.8) is 0 Å². The number of rotatable bonds is 14. The molecule has 1 N–H and O–H groups in total. The van der Waals surface area contributed by atoms with Crippen LogP contribution in [-0.2, 0) is 32.2 Å². The average molecular weight is 443 g/mol. The van der Waals surface area contributed by atoms with Crippen molar-refractivity contribution in [2.45, 2.75) is 83.3 Å². The molecule has 1 aliphatic heterocycles. The highest BCUT2D eigenvalue weighted by Crippen LogP contribution is 2.31. The summed E-state index contributed by atoms with van der Waals surface area (Å²) >= 11 is 0. The van der Waals surface area contributed by atoms with Gasteiger partial charge in [0, 0.05) is 6.61 Å². The summed E-state index contributed by atoms with van der Waals surface area (Å²) in [6, 6.07) is 20.5. The van der Waals surface area contributed by atoms with Crippen LogP contribution in [0.4, 0.5) is 0 Å². The molecule has 2 aromatic carbocycles. The lowest BCUT2D eigenvalue weighted by Crippen LogP contribution is -2.26. The number of hydrogen-bond donors (Lipinski definition) is 1. The van der Waals surface area contributed by atoms with Crippen LogP contribution < -0.4 is 0 Å². The van der Waals surface area contributed by atoms with Crippen molar-refractivity contribution in [3.8, 4) is 0 Å². The molecule has 176 valence electrons. The van der Waals surface area contributed by atoms with Crippen molar-refractivity contribution in [2.75, 3.05) is 13.2 Å². The van der Waals surface area contributed by atoms with Gasteiger partial charge in [0.2, 0.25) is 0 Å². The van der Waals surface area contributed by atoms with Gasteiger partial charge in [0.15, 0.2) is 5.79 Å². The van der Waals surface area contributed by atoms with Crippen LogP contribution in [0.1, 0.15) is 57.1 Å². The van der Waals surface area contributed by atoms with Gasteiger partial charge in [-0.2, -0.15) is 0 Å². The van der Waals surface area contributed by atoms with Crippen molar-refractivity contribution >= 4 is 0 Å². The minimum absolute atomic E-state index is 0.00430. The van der Waals surface area contributed by atoms with E-state index in [1.165, 1.54) is 11.1 Å². The van der Waals surface area contributed by atoms with E-state index in [-0.39, 0.29) is 24.9 Å². The van der Waals surface area contributed by atoms with E-state index in [1.807, 2.05) is 50.2 Å². The van der Waals surface area contributed by atoms with Crippen LogP contribution in [0.5, 0.6) is 0 Å². The normalized spacial score (nSPS) is 21.0. The summed E-state index contributed by atoms with van der Waals surface area (Å²) in [5, 5.41) is 9.56. The van der Waals surface area contributed by atoms with E-state index in [4.69, 9.17) is 18.9 Å². The first kappa shape index (κ1) is 24.9. The van der Waals surface area contributed by atoms with Gasteiger partial charge in [-0.3, -0.25) is 0 Å². The van der Waals surface area contributed by atoms with E-state index in [0.717, 1.165) is 32.1 Å². The Morgan fingerprint density at radius 3 is 2.12 bits per heavy atom. The summed E-state index contributed by atoms with van der Waals surface area (Å²) in [5.74, 6) is -0.616. The number of aliphatic hydroxyl groups is 1. The molecule has 1 aliphatic rings. The molecule has 0 amide bonds. The first-order chi connectivity index (χ1) is 15.6. The Morgan fingerprint density at radius 1 is 0.844 bits per heavy atom. The zero-order valence-corrected chi connectivity index (χ0v) is 19.4. The minimum atomic E-state index is -0.616. The summed E-state index contributed by atoms with van der Waals surface area (Å²) in [4.78, 5) is 0. The van der Waals surface area contributed by atoms with Gasteiger partial charge < -0.3 is 24.1 Å². The molecule has 0 bridgehead atoms. The van der Waals surface area contributed by atoms with E-state index in [0.29, 0.717) is 19.8 Å². The highest BCUT2D eigenvalue weighted by molar-refractivity contribution is 5.14. The predicted octanol–water partition coefficient (Wildman–Crippen LogP) is 5.25. The van der Waals surface area contributed by atoms with Crippen molar-refractivity contribution in [2.24, 2.45) is 0 Å². The average Bonchev–Trinajstić information content (AvgIpc) is 3.12. The summed E-state index contributed by atoms with van der Waals surface area (Å²) in [5.41, 5.74) is 2.38. The highest BCUT2D eigenvalue weighted by Gasteiger charge is 2.40. The molecule has 1 heterocycles. The molecular formula is C27H38O5. The van der Waals surface area contributed by atoms with E-state index < -0.39 is 5.79 Å². The van der Waals surface area contributed by atoms with Crippen LogP contribution in [0, 0.1) is 0 Å². The zero-order valence-electron chi connectivity index (χ0n) is 19.4. The lowest BCUT2D eigenvalue weighted by Gasteiger charge is -2.19. The van der Waals surface area contributed by atoms with Crippen LogP contribution in [0.25, 0.3) is 0 Å². The molecule has 3 rings (SSSR count). The topological polar surface area (TPSA) is 57.2 Å². The van der Waals surface area contributed by atoms with Gasteiger partial charge in [0.05, 0.1) is 32.0 Å². The molecule has 0 saturated carbocycles. The second-order valence-electron chi connectivity index (χ2n) is 8.92. The van der Waals surface area contributed by atoms with Crippen LogP contribution in [0.15, 0.2) is 60.7 Å². The smallest absolute Gasteiger partial charge is 0.163 e. The SMILES string of the molecule is CC1(C)O[C@H](CO)[C@@H](CCCC[C@@H](CCOCc2ccccc2)OCc2ccccc2)O1. The number of ether oxygens (including phenoxy) is 4. The summed E-state index contributed by atoms with van der Waals surface area (Å²) in [6.45, 7) is 5.72. The van der Waals surface area contributed by atoms with Gasteiger partial charge in [-0.1, -0.05) is 73.5 Å². The molecule has 0 radical (unpaired) electrons. The summed E-state index contributed by atoms with van der Waals surface area (Å²) in [7, 11) is 0. The molecular weight excluding hydrogens is 404 g/mol. The number of unbranched alkanes of at least 4 members (excludes halogenated alkanes) is 1. The Morgan fingerprint density at radius 2 is 1.47 bits per heavy atom. The molecule has 1 saturated heterocycles. The van der Waals surface area contributed by atoms with Crippen LogP contribution in [0.2, 0.25) is 0 Å². The number of aliphatic hydroxyl groups excluding tert-OH is 1. The summed E-state index contributed by atoms with van der Waals surface area (Å²) < 4.78 is 23.9. The zero-order chi connectivity index (χ0) is 22.7. The van der Waals surface area contributed by atoms with Crippen molar-refractivity contribution in [1.82, 2.24) is 0 Å². The van der Waals surface area contributed by atoms with Crippen LogP contribution in [-0.4, -0.2) is 42.4 Å². The Bertz CT molecular complexity index is 749. The number of benzene rings is 2. The maximum Gasteiger partial charge on any atom is 0.163 e. The van der Waals surface area contributed by atoms with Crippen molar-refractivity contribution in [3.05, 3.63) is 71.8 Å². The summed E-state index contributed by atoms with van der Waals surface area (Å²) in [6.07, 6.45) is 4.64. The van der Waals surface area contributed by atoms with Crippen molar-refractivity contribution < 1.29 is 24.1 Å². The Hall–Kier alpha value is -1.76. The largest absolute Gasteiger partial charge is 0.394 e. The van der Waals surface area contributed by atoms with E-state index in [1.54, 1.807) is 0 Å². The third-order valence-corrected chi connectivity index (χ3v) is 5.75. The van der Waals surface area contributed by atoms with Gasteiger partial charge in [-0.05, 0) is 44.2 Å². The Labute approximate surface area is 192 Å². The maximum absolute atomic E-state index is 9.56. The molecule has 1 fully saturated rings. The molecule has 2 aromatic rings. The number of hydrogen-bond acceptors (Lipinski definition) is 5. The molecule has 5 heteroatoms. The van der Waals surface area contributed by atoms with Crippen LogP contribution in [0.3, 0.4) is 0 Å².